The number of nitrogens with one attached hydrogen (secondary N) is 2. The van der Waals surface area contributed by atoms with Crippen LogP contribution >= 0.6 is 0 Å². The Labute approximate surface area is 189 Å². The van der Waals surface area contributed by atoms with Crippen molar-refractivity contribution in [1.82, 2.24) is 10.3 Å². The largest absolute Gasteiger partial charge is 0.371 e. The van der Waals surface area contributed by atoms with Crippen LogP contribution in [0.15, 0.2) is 60.8 Å². The predicted molar refractivity (Wildman–Crippen MR) is 129 cm³/mol. The monoisotopic (exact) mass is 430 g/mol. The zero-order valence-electron chi connectivity index (χ0n) is 18.5. The minimum absolute atomic E-state index is 0.178. The summed E-state index contributed by atoms with van der Waals surface area (Å²) in [5.74, 6) is -0.364. The Morgan fingerprint density at radius 3 is 2.66 bits per heavy atom. The standard InChI is InChI=1S/C26H30N4O2/c1-2-8-23(26(32)28-21-12-6-13-22(18-21)30-15-3-4-16-30)29-24(31)17-20-10-5-9-19-11-7-14-27-25(19)20/h5-7,9-14,18,23H,2-4,8,15-17H2,1H3,(H,28,32)(H,29,31). The van der Waals surface area contributed by atoms with Crippen LogP contribution in [0.2, 0.25) is 0 Å². The highest BCUT2D eigenvalue weighted by Crippen LogP contribution is 2.23. The first kappa shape index (κ1) is 21.8. The van der Waals surface area contributed by atoms with Gasteiger partial charge in [0.2, 0.25) is 11.8 Å². The third kappa shape index (κ3) is 5.25. The van der Waals surface area contributed by atoms with Crippen molar-refractivity contribution in [2.75, 3.05) is 23.3 Å². The van der Waals surface area contributed by atoms with E-state index in [1.54, 1.807) is 6.20 Å². The average Bonchev–Trinajstić information content (AvgIpc) is 3.34. The van der Waals surface area contributed by atoms with Crippen LogP contribution in [0.3, 0.4) is 0 Å². The number of carbonyl (C=O) groups excluding carboxylic acids is 2. The summed E-state index contributed by atoms with van der Waals surface area (Å²) in [6.45, 7) is 4.11. The van der Waals surface area contributed by atoms with Crippen molar-refractivity contribution in [3.8, 4) is 0 Å². The van der Waals surface area contributed by atoms with E-state index in [2.05, 4.69) is 26.6 Å². The summed E-state index contributed by atoms with van der Waals surface area (Å²) in [5.41, 5.74) is 3.56. The molecule has 4 rings (SSSR count). The fourth-order valence-corrected chi connectivity index (χ4v) is 4.27. The first-order chi connectivity index (χ1) is 15.6. The number of anilines is 2. The van der Waals surface area contributed by atoms with Gasteiger partial charge in [0, 0.05) is 36.0 Å². The van der Waals surface area contributed by atoms with Crippen molar-refractivity contribution in [1.29, 1.82) is 0 Å². The Morgan fingerprint density at radius 1 is 1.06 bits per heavy atom. The molecule has 0 aliphatic carbocycles. The molecule has 0 radical (unpaired) electrons. The molecule has 0 spiro atoms. The minimum atomic E-state index is -0.578. The van der Waals surface area contributed by atoms with Crippen LogP contribution in [0, 0.1) is 0 Å². The summed E-state index contributed by atoms with van der Waals surface area (Å²) in [6, 6.07) is 17.0. The summed E-state index contributed by atoms with van der Waals surface area (Å²) in [7, 11) is 0. The van der Waals surface area contributed by atoms with Crippen molar-refractivity contribution >= 4 is 34.1 Å². The maximum atomic E-state index is 13.0. The van der Waals surface area contributed by atoms with Crippen molar-refractivity contribution < 1.29 is 9.59 Å². The summed E-state index contributed by atoms with van der Waals surface area (Å²) < 4.78 is 0. The van der Waals surface area contributed by atoms with Gasteiger partial charge in [0.25, 0.3) is 0 Å². The highest BCUT2D eigenvalue weighted by Gasteiger charge is 2.21. The van der Waals surface area contributed by atoms with E-state index in [4.69, 9.17) is 0 Å². The minimum Gasteiger partial charge on any atom is -0.371 e. The van der Waals surface area contributed by atoms with Crippen LogP contribution in [-0.4, -0.2) is 35.9 Å². The third-order valence-electron chi connectivity index (χ3n) is 5.88. The van der Waals surface area contributed by atoms with Crippen LogP contribution in [-0.2, 0) is 16.0 Å². The normalized spacial score (nSPS) is 14.3. The van der Waals surface area contributed by atoms with Gasteiger partial charge in [0.1, 0.15) is 6.04 Å². The fourth-order valence-electron chi connectivity index (χ4n) is 4.27. The zero-order valence-corrected chi connectivity index (χ0v) is 18.5. The molecule has 1 aliphatic rings. The Morgan fingerprint density at radius 2 is 1.84 bits per heavy atom. The van der Waals surface area contributed by atoms with Gasteiger partial charge in [0.05, 0.1) is 11.9 Å². The van der Waals surface area contributed by atoms with Gasteiger partial charge in [-0.15, -0.1) is 0 Å². The molecule has 1 aliphatic heterocycles. The van der Waals surface area contributed by atoms with Gasteiger partial charge < -0.3 is 15.5 Å². The zero-order chi connectivity index (χ0) is 22.3. The van der Waals surface area contributed by atoms with Crippen molar-refractivity contribution in [2.24, 2.45) is 0 Å². The number of para-hydroxylation sites is 1. The first-order valence-electron chi connectivity index (χ1n) is 11.4. The highest BCUT2D eigenvalue weighted by molar-refractivity contribution is 5.98. The maximum Gasteiger partial charge on any atom is 0.246 e. The Balaban J connectivity index is 1.42. The summed E-state index contributed by atoms with van der Waals surface area (Å²) >= 11 is 0. The van der Waals surface area contributed by atoms with Gasteiger partial charge in [-0.2, -0.15) is 0 Å². The molecule has 1 saturated heterocycles. The first-order valence-corrected chi connectivity index (χ1v) is 11.4. The topological polar surface area (TPSA) is 74.3 Å². The molecule has 6 nitrogen and oxygen atoms in total. The molecule has 2 heterocycles. The van der Waals surface area contributed by atoms with E-state index in [1.807, 2.05) is 55.5 Å². The van der Waals surface area contributed by atoms with E-state index in [1.165, 1.54) is 12.8 Å². The van der Waals surface area contributed by atoms with Gasteiger partial charge >= 0.3 is 0 Å². The molecule has 166 valence electrons. The molecule has 1 aromatic heterocycles. The van der Waals surface area contributed by atoms with Gasteiger partial charge in [0.15, 0.2) is 0 Å². The van der Waals surface area contributed by atoms with E-state index in [0.29, 0.717) is 6.42 Å². The number of carbonyl (C=O) groups is 2. The molecule has 1 fully saturated rings. The van der Waals surface area contributed by atoms with E-state index in [0.717, 1.165) is 47.4 Å². The number of pyridine rings is 1. The second-order valence-electron chi connectivity index (χ2n) is 8.31. The van der Waals surface area contributed by atoms with Crippen LogP contribution < -0.4 is 15.5 Å². The molecule has 6 heteroatoms. The van der Waals surface area contributed by atoms with Gasteiger partial charge in [-0.3, -0.25) is 14.6 Å². The predicted octanol–water partition coefficient (Wildman–Crippen LogP) is 4.30. The van der Waals surface area contributed by atoms with E-state index in [9.17, 15) is 9.59 Å². The molecule has 1 atom stereocenters. The molecule has 2 N–H and O–H groups in total. The van der Waals surface area contributed by atoms with Gasteiger partial charge in [-0.25, -0.2) is 0 Å². The van der Waals surface area contributed by atoms with E-state index in [-0.39, 0.29) is 18.2 Å². The van der Waals surface area contributed by atoms with Crippen LogP contribution in [0.25, 0.3) is 10.9 Å². The van der Waals surface area contributed by atoms with Crippen molar-refractivity contribution in [2.45, 2.75) is 45.1 Å². The SMILES string of the molecule is CCCC(NC(=O)Cc1cccc2cccnc12)C(=O)Nc1cccc(N2CCCC2)c1. The number of hydrogen-bond donors (Lipinski definition) is 2. The molecule has 0 saturated carbocycles. The highest BCUT2D eigenvalue weighted by atomic mass is 16.2. The quantitative estimate of drug-likeness (QED) is 0.559. The van der Waals surface area contributed by atoms with Crippen LogP contribution in [0.1, 0.15) is 38.2 Å². The number of hydrogen-bond acceptors (Lipinski definition) is 4. The molecule has 1 unspecified atom stereocenters. The third-order valence-corrected chi connectivity index (χ3v) is 5.88. The van der Waals surface area contributed by atoms with Crippen LogP contribution in [0.5, 0.6) is 0 Å². The van der Waals surface area contributed by atoms with E-state index < -0.39 is 6.04 Å². The maximum absolute atomic E-state index is 13.0. The fraction of sp³-hybridized carbons (Fsp3) is 0.346. The molecule has 3 aromatic rings. The second-order valence-corrected chi connectivity index (χ2v) is 8.31. The molecule has 32 heavy (non-hydrogen) atoms. The molecule has 0 bridgehead atoms. The Kier molecular flexibility index (Phi) is 7.00. The lowest BCUT2D eigenvalue weighted by Crippen LogP contribution is -2.44. The number of fused-ring (bicyclic) bond motifs is 1. The lowest BCUT2D eigenvalue weighted by Gasteiger charge is -2.20. The number of rotatable bonds is 8. The average molecular weight is 431 g/mol. The molecule has 2 aromatic carbocycles. The number of amides is 2. The summed E-state index contributed by atoms with van der Waals surface area (Å²) in [4.78, 5) is 32.5. The lowest BCUT2D eigenvalue weighted by molar-refractivity contribution is -0.126. The van der Waals surface area contributed by atoms with Crippen molar-refractivity contribution in [3.05, 3.63) is 66.4 Å². The molecular formula is C26H30N4O2. The smallest absolute Gasteiger partial charge is 0.246 e. The van der Waals surface area contributed by atoms with Gasteiger partial charge in [-0.05, 0) is 49.1 Å². The Bertz CT molecular complexity index is 1090. The number of benzene rings is 2. The lowest BCUT2D eigenvalue weighted by atomic mass is 10.1. The second kappa shape index (κ2) is 10.3. The molecular weight excluding hydrogens is 400 g/mol. The summed E-state index contributed by atoms with van der Waals surface area (Å²) in [6.07, 6.45) is 5.69. The molecule has 2 amide bonds. The summed E-state index contributed by atoms with van der Waals surface area (Å²) in [5, 5.41) is 6.93. The number of aromatic nitrogens is 1. The van der Waals surface area contributed by atoms with E-state index >= 15 is 0 Å². The van der Waals surface area contributed by atoms with Gasteiger partial charge in [-0.1, -0.05) is 43.7 Å². The van der Waals surface area contributed by atoms with Crippen molar-refractivity contribution in [3.63, 3.8) is 0 Å². The Hall–Kier alpha value is -3.41. The van der Waals surface area contributed by atoms with Crippen LogP contribution in [0.4, 0.5) is 11.4 Å². The number of nitrogens with zero attached hydrogens (tertiary/aromatic N) is 2.